The van der Waals surface area contributed by atoms with Crippen molar-refractivity contribution in [3.63, 3.8) is 0 Å². The zero-order valence-electron chi connectivity index (χ0n) is 14.7. The third-order valence-corrected chi connectivity index (χ3v) is 4.31. The van der Waals surface area contributed by atoms with Gasteiger partial charge in [-0.15, -0.1) is 0 Å². The Morgan fingerprint density at radius 2 is 1.91 bits per heavy atom. The highest BCUT2D eigenvalue weighted by atomic mass is 16.5. The molecule has 0 aromatic rings. The van der Waals surface area contributed by atoms with Crippen molar-refractivity contribution in [2.24, 2.45) is 0 Å². The average Bonchev–Trinajstić information content (AvgIpc) is 2.71. The summed E-state index contributed by atoms with van der Waals surface area (Å²) in [7, 11) is 3.94. The van der Waals surface area contributed by atoms with Gasteiger partial charge >= 0.3 is 0 Å². The molecule has 0 spiro atoms. The molecule has 1 aliphatic rings. The lowest BCUT2D eigenvalue weighted by Crippen LogP contribution is -2.46. The van der Waals surface area contributed by atoms with Gasteiger partial charge in [-0.05, 0) is 47.2 Å². The molecule has 1 saturated carbocycles. The smallest absolute Gasteiger partial charge is 0.248 e. The van der Waals surface area contributed by atoms with Crippen molar-refractivity contribution >= 4 is 5.91 Å². The van der Waals surface area contributed by atoms with Gasteiger partial charge in [0.25, 0.3) is 0 Å². The summed E-state index contributed by atoms with van der Waals surface area (Å²) in [5.74, 6) is -0.130. The number of hydrogen-bond acceptors (Lipinski definition) is 4. The van der Waals surface area contributed by atoms with Crippen LogP contribution in [0.25, 0.3) is 0 Å². The van der Waals surface area contributed by atoms with Crippen molar-refractivity contribution < 1.29 is 14.6 Å². The molecule has 0 aliphatic heterocycles. The van der Waals surface area contributed by atoms with Gasteiger partial charge < -0.3 is 20.1 Å². The summed E-state index contributed by atoms with van der Waals surface area (Å²) in [6.45, 7) is 4.61. The van der Waals surface area contributed by atoms with E-state index in [1.807, 2.05) is 19.0 Å². The highest BCUT2D eigenvalue weighted by Gasteiger charge is 2.24. The Morgan fingerprint density at radius 1 is 1.32 bits per heavy atom. The lowest BCUT2D eigenvalue weighted by Gasteiger charge is -2.27. The molecule has 0 saturated heterocycles. The average molecular weight is 314 g/mol. The van der Waals surface area contributed by atoms with Gasteiger partial charge in [0.05, 0.1) is 11.7 Å². The van der Waals surface area contributed by atoms with Crippen LogP contribution in [0.15, 0.2) is 0 Å². The van der Waals surface area contributed by atoms with Crippen LogP contribution < -0.4 is 5.32 Å². The van der Waals surface area contributed by atoms with Crippen molar-refractivity contribution in [3.05, 3.63) is 0 Å². The van der Waals surface area contributed by atoms with Gasteiger partial charge in [-0.1, -0.05) is 25.7 Å². The first kappa shape index (κ1) is 19.4. The fourth-order valence-corrected chi connectivity index (χ4v) is 2.70. The largest absolute Gasteiger partial charge is 0.388 e. The van der Waals surface area contributed by atoms with E-state index in [1.165, 1.54) is 25.7 Å². The molecule has 0 aromatic heterocycles. The first-order chi connectivity index (χ1) is 10.3. The second-order valence-electron chi connectivity index (χ2n) is 7.16. The Morgan fingerprint density at radius 3 is 2.45 bits per heavy atom. The summed E-state index contributed by atoms with van der Waals surface area (Å²) in [5, 5.41) is 13.1. The monoisotopic (exact) mass is 314 g/mol. The number of ether oxygens (including phenoxy) is 1. The summed E-state index contributed by atoms with van der Waals surface area (Å²) < 4.78 is 5.89. The van der Waals surface area contributed by atoms with E-state index in [0.29, 0.717) is 6.42 Å². The van der Waals surface area contributed by atoms with Crippen LogP contribution in [0.5, 0.6) is 0 Å². The van der Waals surface area contributed by atoms with Crippen LogP contribution in [0.1, 0.15) is 58.8 Å². The number of carbonyl (C=O) groups is 1. The molecule has 1 aliphatic carbocycles. The fraction of sp³-hybridized carbons (Fsp3) is 0.941. The summed E-state index contributed by atoms with van der Waals surface area (Å²) in [5.41, 5.74) is -0.887. The minimum absolute atomic E-state index is 0.130. The van der Waals surface area contributed by atoms with E-state index in [4.69, 9.17) is 4.74 Å². The maximum atomic E-state index is 12.1. The number of rotatable bonds is 8. The molecule has 0 bridgehead atoms. The van der Waals surface area contributed by atoms with Crippen LogP contribution in [0.4, 0.5) is 0 Å². The van der Waals surface area contributed by atoms with E-state index >= 15 is 0 Å². The van der Waals surface area contributed by atoms with Crippen molar-refractivity contribution in [1.29, 1.82) is 0 Å². The summed E-state index contributed by atoms with van der Waals surface area (Å²) >= 11 is 0. The first-order valence-corrected chi connectivity index (χ1v) is 8.60. The zero-order chi connectivity index (χ0) is 16.6. The van der Waals surface area contributed by atoms with Crippen molar-refractivity contribution in [2.75, 3.05) is 27.2 Å². The third kappa shape index (κ3) is 8.11. The molecule has 0 unspecified atom stereocenters. The minimum atomic E-state index is -0.887. The minimum Gasteiger partial charge on any atom is -0.388 e. The van der Waals surface area contributed by atoms with Gasteiger partial charge in [0.2, 0.25) is 5.91 Å². The number of aliphatic hydroxyl groups is 1. The van der Waals surface area contributed by atoms with E-state index in [-0.39, 0.29) is 18.6 Å². The summed E-state index contributed by atoms with van der Waals surface area (Å²) in [6.07, 6.45) is 7.42. The molecule has 1 amide bonds. The molecule has 1 rings (SSSR count). The van der Waals surface area contributed by atoms with E-state index in [0.717, 1.165) is 19.4 Å². The lowest BCUT2D eigenvalue weighted by molar-refractivity contribution is -0.137. The molecule has 22 heavy (non-hydrogen) atoms. The van der Waals surface area contributed by atoms with Crippen LogP contribution in [-0.4, -0.2) is 60.9 Å². The molecule has 2 N–H and O–H groups in total. The zero-order valence-corrected chi connectivity index (χ0v) is 14.7. The van der Waals surface area contributed by atoms with Gasteiger partial charge in [0.15, 0.2) is 0 Å². The molecule has 5 nitrogen and oxygen atoms in total. The Bertz CT molecular complexity index is 324. The van der Waals surface area contributed by atoms with Crippen LogP contribution >= 0.6 is 0 Å². The number of nitrogens with one attached hydrogen (secondary N) is 1. The molecule has 130 valence electrons. The number of hydrogen-bond donors (Lipinski definition) is 2. The molecule has 0 heterocycles. The molecular formula is C17H34N2O3. The van der Waals surface area contributed by atoms with E-state index in [2.05, 4.69) is 5.32 Å². The molecule has 5 heteroatoms. The molecule has 2 atom stereocenters. The van der Waals surface area contributed by atoms with Crippen LogP contribution in [0.2, 0.25) is 0 Å². The van der Waals surface area contributed by atoms with Crippen LogP contribution in [0, 0.1) is 0 Å². The first-order valence-electron chi connectivity index (χ1n) is 8.60. The van der Waals surface area contributed by atoms with Crippen LogP contribution in [-0.2, 0) is 9.53 Å². The van der Waals surface area contributed by atoms with E-state index in [1.54, 1.807) is 13.8 Å². The Labute approximate surface area is 135 Å². The van der Waals surface area contributed by atoms with E-state index < -0.39 is 11.7 Å². The van der Waals surface area contributed by atoms with Crippen molar-refractivity contribution in [2.45, 2.75) is 76.6 Å². The topological polar surface area (TPSA) is 61.8 Å². The van der Waals surface area contributed by atoms with Gasteiger partial charge in [0, 0.05) is 13.1 Å². The van der Waals surface area contributed by atoms with Gasteiger partial charge in [-0.3, -0.25) is 4.79 Å². The van der Waals surface area contributed by atoms with Gasteiger partial charge in [-0.25, -0.2) is 0 Å². The lowest BCUT2D eigenvalue weighted by atomic mass is 10.0. The number of nitrogens with zero attached hydrogens (tertiary/aromatic N) is 1. The van der Waals surface area contributed by atoms with Crippen molar-refractivity contribution in [1.82, 2.24) is 10.2 Å². The summed E-state index contributed by atoms with van der Waals surface area (Å²) in [4.78, 5) is 14.2. The predicted molar refractivity (Wildman–Crippen MR) is 88.8 cm³/mol. The van der Waals surface area contributed by atoms with Crippen LogP contribution in [0.3, 0.4) is 0 Å². The Balaban J connectivity index is 2.30. The maximum absolute atomic E-state index is 12.1. The van der Waals surface area contributed by atoms with Gasteiger partial charge in [-0.2, -0.15) is 0 Å². The molecule has 0 aromatic carbocycles. The second kappa shape index (κ2) is 9.48. The Kier molecular flexibility index (Phi) is 8.36. The number of carbonyl (C=O) groups excluding carboxylic acids is 1. The third-order valence-electron chi connectivity index (χ3n) is 4.31. The van der Waals surface area contributed by atoms with Crippen molar-refractivity contribution in [3.8, 4) is 0 Å². The fourth-order valence-electron chi connectivity index (χ4n) is 2.70. The molecule has 1 fully saturated rings. The van der Waals surface area contributed by atoms with Gasteiger partial charge in [0.1, 0.15) is 6.10 Å². The molecule has 0 radical (unpaired) electrons. The summed E-state index contributed by atoms with van der Waals surface area (Å²) in [6, 6.07) is 0. The Hall–Kier alpha value is -0.650. The quantitative estimate of drug-likeness (QED) is 0.672. The standard InChI is InChI=1S/C17H34N2O3/c1-14(22-15-9-7-5-6-8-10-15)16(20)18-13-17(2,21)11-12-19(3)4/h14-15,21H,5-13H2,1-4H3,(H,18,20)/t14-,17+/m1/s1. The normalized spacial score (nSPS) is 21.2. The highest BCUT2D eigenvalue weighted by Crippen LogP contribution is 2.21. The predicted octanol–water partition coefficient (Wildman–Crippen LogP) is 1.93. The maximum Gasteiger partial charge on any atom is 0.248 e. The van der Waals surface area contributed by atoms with E-state index in [9.17, 15) is 9.90 Å². The second-order valence-corrected chi connectivity index (χ2v) is 7.16. The number of amides is 1. The molecular weight excluding hydrogens is 280 g/mol. The highest BCUT2D eigenvalue weighted by molar-refractivity contribution is 5.80. The SMILES string of the molecule is C[C@@H](OC1CCCCCC1)C(=O)NC[C@@](C)(O)CCN(C)C.